The first-order valence-electron chi connectivity index (χ1n) is 8.18. The normalized spacial score (nSPS) is 10.5. The Morgan fingerprint density at radius 2 is 1.96 bits per heavy atom. The summed E-state index contributed by atoms with van der Waals surface area (Å²) in [5, 5.41) is 13.8. The number of hydrogen-bond acceptors (Lipinski definition) is 5. The molecule has 0 saturated heterocycles. The van der Waals surface area contributed by atoms with Gasteiger partial charge in [0.25, 0.3) is 11.6 Å². The van der Waals surface area contributed by atoms with E-state index < -0.39 is 4.92 Å². The number of ether oxygens (including phenoxy) is 2. The molecule has 0 unspecified atom stereocenters. The quantitative estimate of drug-likeness (QED) is 0.595. The summed E-state index contributed by atoms with van der Waals surface area (Å²) in [6.07, 6.45) is 0. The maximum Gasteiger partial charge on any atom is 0.273 e. The molecule has 0 radical (unpaired) electrons. The highest BCUT2D eigenvalue weighted by Crippen LogP contribution is 2.31. The van der Waals surface area contributed by atoms with Crippen molar-refractivity contribution in [2.45, 2.75) is 26.7 Å². The van der Waals surface area contributed by atoms with Gasteiger partial charge in [-0.05, 0) is 30.0 Å². The minimum absolute atomic E-state index is 0.137. The number of para-hydroxylation sites is 1. The van der Waals surface area contributed by atoms with Crippen molar-refractivity contribution in [3.63, 3.8) is 0 Å². The van der Waals surface area contributed by atoms with Crippen LogP contribution in [0.4, 0.5) is 11.4 Å². The number of aryl methyl sites for hydroxylation is 1. The van der Waals surface area contributed by atoms with E-state index in [2.05, 4.69) is 19.2 Å². The van der Waals surface area contributed by atoms with Gasteiger partial charge in [-0.1, -0.05) is 32.0 Å². The number of amides is 1. The molecule has 0 spiro atoms. The summed E-state index contributed by atoms with van der Waals surface area (Å²) in [5.74, 6) is 0.366. The van der Waals surface area contributed by atoms with Crippen molar-refractivity contribution < 1.29 is 19.2 Å². The molecule has 138 valence electrons. The molecule has 2 aromatic carbocycles. The second-order valence-corrected chi connectivity index (χ2v) is 6.12. The molecular weight excluding hydrogens is 336 g/mol. The van der Waals surface area contributed by atoms with Crippen molar-refractivity contribution in [3.05, 3.63) is 57.6 Å². The topological polar surface area (TPSA) is 90.7 Å². The molecule has 0 aliphatic rings. The first-order chi connectivity index (χ1) is 12.3. The van der Waals surface area contributed by atoms with Crippen molar-refractivity contribution >= 4 is 17.3 Å². The first kappa shape index (κ1) is 19.2. The molecule has 0 aromatic heterocycles. The lowest BCUT2D eigenvalue weighted by molar-refractivity contribution is -0.385. The monoisotopic (exact) mass is 358 g/mol. The lowest BCUT2D eigenvalue weighted by Crippen LogP contribution is -2.22. The van der Waals surface area contributed by atoms with Gasteiger partial charge in [-0.3, -0.25) is 14.9 Å². The molecule has 0 aliphatic heterocycles. The molecule has 7 heteroatoms. The smallest absolute Gasteiger partial charge is 0.273 e. The summed E-state index contributed by atoms with van der Waals surface area (Å²) >= 11 is 0. The third-order valence-corrected chi connectivity index (χ3v) is 3.91. The molecule has 0 bridgehead atoms. The van der Waals surface area contributed by atoms with Gasteiger partial charge in [-0.2, -0.15) is 0 Å². The van der Waals surface area contributed by atoms with Gasteiger partial charge in [-0.25, -0.2) is 0 Å². The van der Waals surface area contributed by atoms with Crippen LogP contribution in [-0.4, -0.2) is 24.5 Å². The van der Waals surface area contributed by atoms with E-state index in [1.54, 1.807) is 0 Å². The van der Waals surface area contributed by atoms with Gasteiger partial charge in [-0.15, -0.1) is 0 Å². The fourth-order valence-electron chi connectivity index (χ4n) is 2.55. The summed E-state index contributed by atoms with van der Waals surface area (Å²) in [5.41, 5.74) is 2.62. The van der Waals surface area contributed by atoms with Crippen LogP contribution in [0.5, 0.6) is 11.5 Å². The fourth-order valence-corrected chi connectivity index (χ4v) is 2.55. The third kappa shape index (κ3) is 4.50. The van der Waals surface area contributed by atoms with Crippen molar-refractivity contribution in [3.8, 4) is 11.5 Å². The lowest BCUT2D eigenvalue weighted by atomic mass is 9.98. The number of anilines is 1. The number of carbonyl (C=O) groups excluding carboxylic acids is 1. The number of nitro benzene ring substituents is 1. The highest BCUT2D eigenvalue weighted by atomic mass is 16.6. The molecule has 0 aliphatic carbocycles. The van der Waals surface area contributed by atoms with Crippen LogP contribution in [0.1, 0.15) is 30.9 Å². The molecule has 1 N–H and O–H groups in total. The Balaban J connectivity index is 2.13. The molecule has 0 atom stereocenters. The van der Waals surface area contributed by atoms with Gasteiger partial charge in [0.05, 0.1) is 18.1 Å². The molecule has 7 nitrogen and oxygen atoms in total. The van der Waals surface area contributed by atoms with E-state index in [-0.39, 0.29) is 29.9 Å². The standard InChI is InChI=1S/C19H22N2O5/c1-12(2)15-7-5-6-13(3)19(15)20-18(22)11-26-17-10-14(21(23)24)8-9-16(17)25-4/h5-10,12H,11H2,1-4H3,(H,20,22). The summed E-state index contributed by atoms with van der Waals surface area (Å²) < 4.78 is 10.6. The zero-order valence-corrected chi connectivity index (χ0v) is 15.2. The molecule has 0 heterocycles. The third-order valence-electron chi connectivity index (χ3n) is 3.91. The number of rotatable bonds is 7. The van der Waals surface area contributed by atoms with E-state index in [4.69, 9.17) is 9.47 Å². The number of hydrogen-bond donors (Lipinski definition) is 1. The molecule has 2 aromatic rings. The maximum atomic E-state index is 12.3. The van der Waals surface area contributed by atoms with Gasteiger partial charge >= 0.3 is 0 Å². The maximum absolute atomic E-state index is 12.3. The van der Waals surface area contributed by atoms with Gasteiger partial charge in [0.1, 0.15) is 0 Å². The van der Waals surface area contributed by atoms with Crippen molar-refractivity contribution in [1.29, 1.82) is 0 Å². The molecule has 2 rings (SSSR count). The van der Waals surface area contributed by atoms with E-state index in [0.29, 0.717) is 5.75 Å². The molecule has 26 heavy (non-hydrogen) atoms. The molecule has 1 amide bonds. The molecule has 0 saturated carbocycles. The van der Waals surface area contributed by atoms with Crippen LogP contribution in [0.3, 0.4) is 0 Å². The van der Waals surface area contributed by atoms with Crippen LogP contribution in [-0.2, 0) is 4.79 Å². The average Bonchev–Trinajstić information content (AvgIpc) is 2.61. The minimum Gasteiger partial charge on any atom is -0.493 e. The molecule has 0 fully saturated rings. The average molecular weight is 358 g/mol. The van der Waals surface area contributed by atoms with E-state index in [9.17, 15) is 14.9 Å². The number of nitrogens with one attached hydrogen (secondary N) is 1. The van der Waals surface area contributed by atoms with Crippen LogP contribution < -0.4 is 14.8 Å². The van der Waals surface area contributed by atoms with Crippen LogP contribution in [0.15, 0.2) is 36.4 Å². The zero-order chi connectivity index (χ0) is 19.3. The van der Waals surface area contributed by atoms with E-state index in [1.807, 2.05) is 25.1 Å². The van der Waals surface area contributed by atoms with E-state index in [1.165, 1.54) is 25.3 Å². The number of non-ortho nitro benzene ring substituents is 1. The Labute approximate surface area is 152 Å². The van der Waals surface area contributed by atoms with E-state index >= 15 is 0 Å². The van der Waals surface area contributed by atoms with Crippen LogP contribution in [0, 0.1) is 17.0 Å². The summed E-state index contributed by atoms with van der Waals surface area (Å²) in [6, 6.07) is 9.82. The lowest BCUT2D eigenvalue weighted by Gasteiger charge is -2.17. The Bertz CT molecular complexity index is 818. The highest BCUT2D eigenvalue weighted by molar-refractivity contribution is 5.93. The second-order valence-electron chi connectivity index (χ2n) is 6.12. The van der Waals surface area contributed by atoms with Crippen LogP contribution in [0.2, 0.25) is 0 Å². The predicted octanol–water partition coefficient (Wildman–Crippen LogP) is 4.05. The fraction of sp³-hybridized carbons (Fsp3) is 0.316. The first-order valence-corrected chi connectivity index (χ1v) is 8.18. The highest BCUT2D eigenvalue weighted by Gasteiger charge is 2.16. The number of nitrogens with zero attached hydrogens (tertiary/aromatic N) is 1. The summed E-state index contributed by atoms with van der Waals surface area (Å²) in [6.45, 7) is 5.74. The molecular formula is C19H22N2O5. The van der Waals surface area contributed by atoms with Crippen LogP contribution >= 0.6 is 0 Å². The van der Waals surface area contributed by atoms with Gasteiger partial charge < -0.3 is 14.8 Å². The Morgan fingerprint density at radius 1 is 1.23 bits per heavy atom. The SMILES string of the molecule is COc1ccc([N+](=O)[O-])cc1OCC(=O)Nc1c(C)cccc1C(C)C. The van der Waals surface area contributed by atoms with Gasteiger partial charge in [0.2, 0.25) is 0 Å². The predicted molar refractivity (Wildman–Crippen MR) is 99.0 cm³/mol. The second kappa shape index (κ2) is 8.33. The number of methoxy groups -OCH3 is 1. The van der Waals surface area contributed by atoms with Crippen LogP contribution in [0.25, 0.3) is 0 Å². The van der Waals surface area contributed by atoms with Gasteiger partial charge in [0.15, 0.2) is 18.1 Å². The van der Waals surface area contributed by atoms with Crippen molar-refractivity contribution in [2.24, 2.45) is 0 Å². The Hall–Kier alpha value is -3.09. The Morgan fingerprint density at radius 3 is 2.58 bits per heavy atom. The zero-order valence-electron chi connectivity index (χ0n) is 15.2. The van der Waals surface area contributed by atoms with Gasteiger partial charge in [0, 0.05) is 11.8 Å². The number of carbonyl (C=O) groups is 1. The van der Waals surface area contributed by atoms with Crippen molar-refractivity contribution in [2.75, 3.05) is 19.0 Å². The summed E-state index contributed by atoms with van der Waals surface area (Å²) in [4.78, 5) is 22.7. The van der Waals surface area contributed by atoms with E-state index in [0.717, 1.165) is 16.8 Å². The number of nitro groups is 1. The largest absolute Gasteiger partial charge is 0.493 e. The minimum atomic E-state index is -0.533. The van der Waals surface area contributed by atoms with Crippen molar-refractivity contribution in [1.82, 2.24) is 0 Å². The Kier molecular flexibility index (Phi) is 6.16. The number of benzene rings is 2. The summed E-state index contributed by atoms with van der Waals surface area (Å²) in [7, 11) is 1.43.